The summed E-state index contributed by atoms with van der Waals surface area (Å²) in [5.74, 6) is 0. The lowest BCUT2D eigenvalue weighted by Gasteiger charge is -2.06. The van der Waals surface area contributed by atoms with Gasteiger partial charge in [-0.2, -0.15) is 5.10 Å². The van der Waals surface area contributed by atoms with Crippen molar-refractivity contribution in [3.63, 3.8) is 0 Å². The highest BCUT2D eigenvalue weighted by molar-refractivity contribution is 5.87. The Hall–Kier alpha value is -3.16. The predicted molar refractivity (Wildman–Crippen MR) is 134 cm³/mol. The summed E-state index contributed by atoms with van der Waals surface area (Å²) >= 11 is 0. The number of imidazole rings is 1. The van der Waals surface area contributed by atoms with Crippen LogP contribution in [-0.4, -0.2) is 45.7 Å². The summed E-state index contributed by atoms with van der Waals surface area (Å²) in [6, 6.07) is 14.7. The molecule has 7 heteroatoms. The molecule has 1 N–H and O–H groups in total. The molecule has 0 fully saturated rings. The van der Waals surface area contributed by atoms with Gasteiger partial charge in [0.25, 0.3) is 0 Å². The van der Waals surface area contributed by atoms with Crippen LogP contribution in [0.1, 0.15) is 19.4 Å². The molecule has 33 heavy (non-hydrogen) atoms. The van der Waals surface area contributed by atoms with Gasteiger partial charge in [-0.15, -0.1) is 0 Å². The third kappa shape index (κ3) is 4.65. The molecule has 0 aliphatic heterocycles. The van der Waals surface area contributed by atoms with Gasteiger partial charge >= 0.3 is 5.69 Å². The average Bonchev–Trinajstić information content (AvgIpc) is 3.36. The van der Waals surface area contributed by atoms with Crippen LogP contribution in [0.2, 0.25) is 0 Å². The summed E-state index contributed by atoms with van der Waals surface area (Å²) in [7, 11) is 1.71. The van der Waals surface area contributed by atoms with Gasteiger partial charge in [-0.3, -0.25) is 13.8 Å². The number of benzene rings is 2. The van der Waals surface area contributed by atoms with E-state index in [9.17, 15) is 4.79 Å². The minimum absolute atomic E-state index is 0.0453. The lowest BCUT2D eigenvalue weighted by atomic mass is 10.0. The van der Waals surface area contributed by atoms with E-state index in [0.29, 0.717) is 19.7 Å². The number of methoxy groups -OCH3 is 1. The SMILES string of the molecule is CCn1c(=O)n(CC)c2cc(-c3cn(CCNCCOC)nc3-c3cccc(C)c3)ccc21. The lowest BCUT2D eigenvalue weighted by molar-refractivity contribution is 0.199. The largest absolute Gasteiger partial charge is 0.383 e. The summed E-state index contributed by atoms with van der Waals surface area (Å²) in [6.07, 6.45) is 2.11. The Morgan fingerprint density at radius 1 is 0.970 bits per heavy atom. The fourth-order valence-corrected chi connectivity index (χ4v) is 4.34. The summed E-state index contributed by atoms with van der Waals surface area (Å²) < 4.78 is 10.8. The van der Waals surface area contributed by atoms with Gasteiger partial charge < -0.3 is 10.1 Å². The van der Waals surface area contributed by atoms with Crippen molar-refractivity contribution in [2.45, 2.75) is 40.4 Å². The van der Waals surface area contributed by atoms with E-state index in [-0.39, 0.29) is 5.69 Å². The number of nitrogens with zero attached hydrogens (tertiary/aromatic N) is 4. The standard InChI is InChI=1S/C26H33N5O2/c1-5-30-23-11-10-20(17-24(23)31(6-2)26(30)32)22-18-29(14-12-27-13-15-33-4)28-25(22)21-9-7-8-19(3)16-21/h7-11,16-18,27H,5-6,12-15H2,1-4H3. The van der Waals surface area contributed by atoms with Crippen molar-refractivity contribution in [3.8, 4) is 22.4 Å². The molecule has 0 bridgehead atoms. The maximum absolute atomic E-state index is 12.8. The van der Waals surface area contributed by atoms with Gasteiger partial charge in [0, 0.05) is 50.6 Å². The lowest BCUT2D eigenvalue weighted by Crippen LogP contribution is -2.23. The summed E-state index contributed by atoms with van der Waals surface area (Å²) in [4.78, 5) is 12.8. The van der Waals surface area contributed by atoms with E-state index in [1.807, 2.05) is 27.7 Å². The minimum atomic E-state index is 0.0453. The molecule has 0 saturated carbocycles. The van der Waals surface area contributed by atoms with Crippen LogP contribution in [0.15, 0.2) is 53.5 Å². The van der Waals surface area contributed by atoms with Crippen molar-refractivity contribution in [2.75, 3.05) is 26.8 Å². The van der Waals surface area contributed by atoms with Gasteiger partial charge in [-0.1, -0.05) is 29.8 Å². The Kier molecular flexibility index (Phi) is 7.11. The summed E-state index contributed by atoms with van der Waals surface area (Å²) in [5.41, 5.74) is 7.36. The molecule has 2 aromatic heterocycles. The molecule has 0 atom stereocenters. The van der Waals surface area contributed by atoms with Gasteiger partial charge in [0.2, 0.25) is 0 Å². The number of aryl methyl sites for hydroxylation is 3. The fraction of sp³-hybridized carbons (Fsp3) is 0.385. The number of rotatable bonds is 10. The zero-order chi connectivity index (χ0) is 23.4. The van der Waals surface area contributed by atoms with Crippen LogP contribution in [0.5, 0.6) is 0 Å². The Bertz CT molecular complexity index is 1300. The fourth-order valence-electron chi connectivity index (χ4n) is 4.34. The van der Waals surface area contributed by atoms with Gasteiger partial charge in [0.05, 0.1) is 24.2 Å². The number of nitrogens with one attached hydrogen (secondary N) is 1. The van der Waals surface area contributed by atoms with Crippen molar-refractivity contribution in [1.29, 1.82) is 0 Å². The normalized spacial score (nSPS) is 11.5. The van der Waals surface area contributed by atoms with E-state index in [1.54, 1.807) is 7.11 Å². The van der Waals surface area contributed by atoms with Crippen molar-refractivity contribution in [1.82, 2.24) is 24.2 Å². The topological polar surface area (TPSA) is 66.0 Å². The first kappa shape index (κ1) is 23.0. The van der Waals surface area contributed by atoms with Crippen LogP contribution in [0.4, 0.5) is 0 Å². The molecule has 0 radical (unpaired) electrons. The molecule has 0 aliphatic rings. The Morgan fingerprint density at radius 3 is 2.48 bits per heavy atom. The van der Waals surface area contributed by atoms with Crippen molar-refractivity contribution in [2.24, 2.45) is 0 Å². The maximum atomic E-state index is 12.8. The van der Waals surface area contributed by atoms with E-state index < -0.39 is 0 Å². The van der Waals surface area contributed by atoms with E-state index in [1.165, 1.54) is 5.56 Å². The summed E-state index contributed by atoms with van der Waals surface area (Å²) in [6.45, 7) is 10.5. The predicted octanol–water partition coefficient (Wildman–Crippen LogP) is 3.92. The molecule has 0 saturated heterocycles. The highest BCUT2D eigenvalue weighted by Gasteiger charge is 2.17. The van der Waals surface area contributed by atoms with E-state index >= 15 is 0 Å². The van der Waals surface area contributed by atoms with E-state index in [2.05, 4.69) is 60.9 Å². The van der Waals surface area contributed by atoms with Crippen molar-refractivity contribution >= 4 is 11.0 Å². The monoisotopic (exact) mass is 447 g/mol. The zero-order valence-corrected chi connectivity index (χ0v) is 20.0. The van der Waals surface area contributed by atoms with Crippen LogP contribution in [0, 0.1) is 6.92 Å². The molecule has 4 rings (SSSR count). The molecule has 0 unspecified atom stereocenters. The van der Waals surface area contributed by atoms with Gasteiger partial charge in [-0.05, 0) is 44.5 Å². The quantitative estimate of drug-likeness (QED) is 0.374. The van der Waals surface area contributed by atoms with E-state index in [0.717, 1.165) is 53.1 Å². The number of ether oxygens (including phenoxy) is 1. The molecule has 0 spiro atoms. The first-order valence-electron chi connectivity index (χ1n) is 11.6. The number of aromatic nitrogens is 4. The van der Waals surface area contributed by atoms with Crippen LogP contribution in [0.25, 0.3) is 33.4 Å². The molecule has 0 amide bonds. The molecule has 0 aliphatic carbocycles. The Balaban J connectivity index is 1.78. The third-order valence-corrected chi connectivity index (χ3v) is 6.02. The number of hydrogen-bond acceptors (Lipinski definition) is 4. The van der Waals surface area contributed by atoms with Crippen LogP contribution in [0.3, 0.4) is 0 Å². The molecule has 2 heterocycles. The number of fused-ring (bicyclic) bond motifs is 1. The van der Waals surface area contributed by atoms with Gasteiger partial charge in [0.1, 0.15) is 5.69 Å². The van der Waals surface area contributed by atoms with Crippen LogP contribution >= 0.6 is 0 Å². The zero-order valence-electron chi connectivity index (χ0n) is 20.0. The van der Waals surface area contributed by atoms with Crippen molar-refractivity contribution < 1.29 is 4.74 Å². The molecule has 4 aromatic rings. The highest BCUT2D eigenvalue weighted by Crippen LogP contribution is 2.33. The smallest absolute Gasteiger partial charge is 0.329 e. The van der Waals surface area contributed by atoms with Gasteiger partial charge in [0.15, 0.2) is 0 Å². The highest BCUT2D eigenvalue weighted by atomic mass is 16.5. The number of hydrogen-bond donors (Lipinski definition) is 1. The second kappa shape index (κ2) is 10.2. The Morgan fingerprint density at radius 2 is 1.76 bits per heavy atom. The maximum Gasteiger partial charge on any atom is 0.329 e. The molecular weight excluding hydrogens is 414 g/mol. The van der Waals surface area contributed by atoms with Crippen molar-refractivity contribution in [3.05, 3.63) is 64.7 Å². The average molecular weight is 448 g/mol. The van der Waals surface area contributed by atoms with E-state index in [4.69, 9.17) is 9.84 Å². The second-order valence-electron chi connectivity index (χ2n) is 8.24. The molecule has 2 aromatic carbocycles. The first-order chi connectivity index (χ1) is 16.1. The first-order valence-corrected chi connectivity index (χ1v) is 11.6. The third-order valence-electron chi connectivity index (χ3n) is 6.02. The summed E-state index contributed by atoms with van der Waals surface area (Å²) in [5, 5.41) is 8.33. The minimum Gasteiger partial charge on any atom is -0.383 e. The second-order valence-corrected chi connectivity index (χ2v) is 8.24. The van der Waals surface area contributed by atoms with Gasteiger partial charge in [-0.25, -0.2) is 4.79 Å². The molecule has 174 valence electrons. The molecular formula is C26H33N5O2. The Labute approximate surface area is 194 Å². The van der Waals surface area contributed by atoms with Crippen LogP contribution in [-0.2, 0) is 24.4 Å². The molecule has 7 nitrogen and oxygen atoms in total. The van der Waals surface area contributed by atoms with Crippen LogP contribution < -0.4 is 11.0 Å².